The summed E-state index contributed by atoms with van der Waals surface area (Å²) in [7, 11) is -1.26. The molecule has 1 fully saturated rings. The third kappa shape index (κ3) is 5.88. The van der Waals surface area contributed by atoms with Crippen LogP contribution >= 0.6 is 22.9 Å². The SMILES string of the molecule is C[C@@H](NC(=O)c1cn(COCC[Si](C)(C)C)c2ncc(-c3cc4nccc(Cl)c4s3)nc12)C(=O)N1CC(C#N)C1. The van der Waals surface area contributed by atoms with Crippen LogP contribution in [0.15, 0.2) is 30.7 Å². The van der Waals surface area contributed by atoms with Gasteiger partial charge in [0, 0.05) is 40.2 Å². The molecule has 10 nitrogen and oxygen atoms in total. The lowest BCUT2D eigenvalue weighted by molar-refractivity contribution is -0.137. The van der Waals surface area contributed by atoms with Crippen molar-refractivity contribution in [2.45, 2.75) is 45.4 Å². The number of nitrogens with one attached hydrogen (secondary N) is 1. The first-order valence-corrected chi connectivity index (χ1v) is 17.9. The van der Waals surface area contributed by atoms with Gasteiger partial charge in [0.15, 0.2) is 5.65 Å². The van der Waals surface area contributed by atoms with Crippen LogP contribution < -0.4 is 5.32 Å². The predicted molar refractivity (Wildman–Crippen MR) is 158 cm³/mol. The molecule has 208 valence electrons. The van der Waals surface area contributed by atoms with Crippen LogP contribution in [0.1, 0.15) is 17.3 Å². The largest absolute Gasteiger partial charge is 0.361 e. The molecule has 1 atom stereocenters. The molecule has 1 N–H and O–H groups in total. The molecule has 0 bridgehead atoms. The number of pyridine rings is 1. The maximum absolute atomic E-state index is 13.5. The molecule has 1 saturated heterocycles. The van der Waals surface area contributed by atoms with Crippen LogP contribution in [-0.4, -0.2) is 70.0 Å². The van der Waals surface area contributed by atoms with Gasteiger partial charge in [-0.15, -0.1) is 11.3 Å². The lowest BCUT2D eigenvalue weighted by Gasteiger charge is -2.37. The van der Waals surface area contributed by atoms with Gasteiger partial charge in [0.1, 0.15) is 18.3 Å². The highest BCUT2D eigenvalue weighted by molar-refractivity contribution is 7.22. The van der Waals surface area contributed by atoms with Crippen molar-refractivity contribution in [1.82, 2.24) is 29.7 Å². The van der Waals surface area contributed by atoms with Gasteiger partial charge < -0.3 is 19.5 Å². The summed E-state index contributed by atoms with van der Waals surface area (Å²) in [6, 6.07) is 6.06. The number of hydrogen-bond donors (Lipinski definition) is 1. The van der Waals surface area contributed by atoms with E-state index in [1.54, 1.807) is 41.0 Å². The van der Waals surface area contributed by atoms with Crippen LogP contribution in [0, 0.1) is 17.2 Å². The van der Waals surface area contributed by atoms with Crippen molar-refractivity contribution in [3.8, 4) is 16.6 Å². The van der Waals surface area contributed by atoms with Crippen LogP contribution in [0.5, 0.6) is 0 Å². The Morgan fingerprint density at radius 1 is 1.32 bits per heavy atom. The molecule has 5 heterocycles. The number of likely N-dealkylation sites (tertiary alicyclic amines) is 1. The summed E-state index contributed by atoms with van der Waals surface area (Å²) in [5.74, 6) is -0.810. The van der Waals surface area contributed by atoms with Crippen molar-refractivity contribution in [3.63, 3.8) is 0 Å². The fourth-order valence-corrected chi connectivity index (χ4v) is 6.36. The zero-order valence-corrected chi connectivity index (χ0v) is 25.3. The molecule has 2 amide bonds. The standard InChI is InChI=1S/C27H30ClN7O3SSi/c1-16(27(37)34-12-17(10-29)13-34)32-26(36)18-14-35(15-38-7-8-40(2,3)4)25-23(18)33-21(11-31-25)22-9-20-24(39-22)19(28)5-6-30-20/h5-6,9,11,14,16-17H,7-8,12-13,15H2,1-4H3,(H,32,36)/t16-/m1/s1. The van der Waals surface area contributed by atoms with Gasteiger partial charge >= 0.3 is 0 Å². The van der Waals surface area contributed by atoms with Gasteiger partial charge in [-0.25, -0.2) is 9.97 Å². The molecular formula is C27H30ClN7O3SSi. The molecule has 4 aromatic rings. The van der Waals surface area contributed by atoms with E-state index in [1.807, 2.05) is 6.07 Å². The van der Waals surface area contributed by atoms with Gasteiger partial charge in [-0.1, -0.05) is 31.2 Å². The Hall–Kier alpha value is -3.37. The van der Waals surface area contributed by atoms with E-state index in [9.17, 15) is 9.59 Å². The predicted octanol–water partition coefficient (Wildman–Crippen LogP) is 4.77. The lowest BCUT2D eigenvalue weighted by atomic mass is 10.0. The first kappa shape index (κ1) is 28.2. The third-order valence-electron chi connectivity index (χ3n) is 6.75. The summed E-state index contributed by atoms with van der Waals surface area (Å²) in [5, 5.41) is 12.4. The Morgan fingerprint density at radius 3 is 2.80 bits per heavy atom. The summed E-state index contributed by atoms with van der Waals surface area (Å²) in [4.78, 5) is 42.5. The Labute approximate surface area is 241 Å². The van der Waals surface area contributed by atoms with Crippen LogP contribution in [0.25, 0.3) is 32.0 Å². The highest BCUT2D eigenvalue weighted by atomic mass is 35.5. The highest BCUT2D eigenvalue weighted by Crippen LogP contribution is 2.36. The highest BCUT2D eigenvalue weighted by Gasteiger charge is 2.34. The lowest BCUT2D eigenvalue weighted by Crippen LogP contribution is -2.55. The molecule has 0 aromatic carbocycles. The normalized spacial score (nSPS) is 14.8. The topological polar surface area (TPSA) is 126 Å². The smallest absolute Gasteiger partial charge is 0.255 e. The summed E-state index contributed by atoms with van der Waals surface area (Å²) >= 11 is 7.81. The molecule has 0 saturated carbocycles. The van der Waals surface area contributed by atoms with Crippen molar-refractivity contribution >= 4 is 64.2 Å². The number of nitriles is 1. The summed E-state index contributed by atoms with van der Waals surface area (Å²) < 4.78 is 8.57. The molecule has 0 radical (unpaired) electrons. The number of fused-ring (bicyclic) bond motifs is 2. The van der Waals surface area contributed by atoms with E-state index in [-0.39, 0.29) is 18.6 Å². The minimum Gasteiger partial charge on any atom is -0.361 e. The van der Waals surface area contributed by atoms with Crippen molar-refractivity contribution < 1.29 is 14.3 Å². The average Bonchev–Trinajstić information content (AvgIpc) is 3.48. The van der Waals surface area contributed by atoms with Gasteiger partial charge in [-0.2, -0.15) is 5.26 Å². The maximum atomic E-state index is 13.5. The molecule has 5 rings (SSSR count). The van der Waals surface area contributed by atoms with E-state index in [0.717, 1.165) is 21.1 Å². The minimum atomic E-state index is -1.26. The molecule has 13 heteroatoms. The zero-order chi connectivity index (χ0) is 28.6. The van der Waals surface area contributed by atoms with Crippen molar-refractivity contribution in [2.75, 3.05) is 19.7 Å². The fraction of sp³-hybridized carbons (Fsp3) is 0.407. The van der Waals surface area contributed by atoms with Gasteiger partial charge in [0.25, 0.3) is 5.91 Å². The number of amides is 2. The molecular weight excluding hydrogens is 566 g/mol. The fourth-order valence-electron chi connectivity index (χ4n) is 4.36. The molecule has 0 aliphatic carbocycles. The number of carbonyl (C=O) groups excluding carboxylic acids is 2. The molecule has 1 aliphatic rings. The van der Waals surface area contributed by atoms with Gasteiger partial charge in [0.05, 0.1) is 49.6 Å². The van der Waals surface area contributed by atoms with Gasteiger partial charge in [-0.3, -0.25) is 14.6 Å². The molecule has 40 heavy (non-hydrogen) atoms. The number of hydrogen-bond acceptors (Lipinski definition) is 8. The average molecular weight is 596 g/mol. The van der Waals surface area contributed by atoms with E-state index in [0.29, 0.717) is 47.1 Å². The van der Waals surface area contributed by atoms with E-state index in [2.05, 4.69) is 41.0 Å². The second-order valence-corrected chi connectivity index (χ2v) is 18.3. The monoisotopic (exact) mass is 595 g/mol. The summed E-state index contributed by atoms with van der Waals surface area (Å²) in [5.41, 5.74) is 2.57. The maximum Gasteiger partial charge on any atom is 0.255 e. The van der Waals surface area contributed by atoms with E-state index in [1.165, 1.54) is 11.3 Å². The number of rotatable bonds is 9. The zero-order valence-electron chi connectivity index (χ0n) is 22.8. The minimum absolute atomic E-state index is 0.154. The van der Waals surface area contributed by atoms with Crippen LogP contribution in [0.3, 0.4) is 0 Å². The number of ether oxygens (including phenoxy) is 1. The number of thiophene rings is 1. The van der Waals surface area contributed by atoms with Gasteiger partial charge in [-0.05, 0) is 25.1 Å². The van der Waals surface area contributed by atoms with Crippen molar-refractivity contribution in [2.24, 2.45) is 5.92 Å². The van der Waals surface area contributed by atoms with Gasteiger partial charge in [0.2, 0.25) is 5.91 Å². The molecule has 0 spiro atoms. The van der Waals surface area contributed by atoms with Crippen molar-refractivity contribution in [1.29, 1.82) is 5.26 Å². The molecule has 4 aromatic heterocycles. The van der Waals surface area contributed by atoms with Crippen LogP contribution in [0.2, 0.25) is 30.7 Å². The van der Waals surface area contributed by atoms with E-state index < -0.39 is 20.0 Å². The Bertz CT molecular complexity index is 1630. The Kier molecular flexibility index (Phi) is 7.92. The number of carbonyl (C=O) groups is 2. The molecule has 0 unspecified atom stereocenters. The number of halogens is 1. The summed E-state index contributed by atoms with van der Waals surface area (Å²) in [6.45, 7) is 10.1. The third-order valence-corrected chi connectivity index (χ3v) is 10.1. The Morgan fingerprint density at radius 2 is 2.10 bits per heavy atom. The quantitative estimate of drug-likeness (QED) is 0.218. The van der Waals surface area contributed by atoms with E-state index >= 15 is 0 Å². The number of nitrogens with zero attached hydrogens (tertiary/aromatic N) is 6. The van der Waals surface area contributed by atoms with E-state index in [4.69, 9.17) is 26.6 Å². The number of aromatic nitrogens is 4. The second kappa shape index (κ2) is 11.2. The molecule has 1 aliphatic heterocycles. The van der Waals surface area contributed by atoms with Crippen LogP contribution in [0.4, 0.5) is 0 Å². The first-order valence-electron chi connectivity index (χ1n) is 13.0. The summed E-state index contributed by atoms with van der Waals surface area (Å²) in [6.07, 6.45) is 5.00. The Balaban J connectivity index is 1.44. The van der Waals surface area contributed by atoms with Crippen LogP contribution in [-0.2, 0) is 16.3 Å². The second-order valence-electron chi connectivity index (χ2n) is 11.2. The van der Waals surface area contributed by atoms with Crippen molar-refractivity contribution in [3.05, 3.63) is 41.3 Å². The first-order chi connectivity index (χ1) is 19.0.